The van der Waals surface area contributed by atoms with Crippen LogP contribution in [0.4, 0.5) is 0 Å². The van der Waals surface area contributed by atoms with Crippen molar-refractivity contribution in [3.63, 3.8) is 0 Å². The molecule has 0 nitrogen and oxygen atoms in total. The minimum atomic E-state index is 0. The van der Waals surface area contributed by atoms with Crippen LogP contribution in [0.25, 0.3) is 86.9 Å². The molecule has 10 aromatic carbocycles. The third-order valence-electron chi connectivity index (χ3n) is 10.0. The van der Waals surface area contributed by atoms with Gasteiger partial charge in [0.05, 0.1) is 0 Å². The molecule has 0 amide bonds. The Balaban J connectivity index is 0.000000215. The first-order chi connectivity index (χ1) is 24.6. The van der Waals surface area contributed by atoms with Gasteiger partial charge in [-0.25, -0.2) is 0 Å². The SMILES string of the molecule is Cc1[cH-]c2ccccc2c1-c1cccc2cc3ccccc3cc12.Cc1[cH-]c2ccccc2c1-c1cccc2cc3ccccc3cc12.[CH3-].[CH3-].[Cl-].[Cl-].[Si]=[Zr+2]. The molecular formula is C50H40Cl2SiZr-4. The maximum absolute atomic E-state index is 3.06. The van der Waals surface area contributed by atoms with Gasteiger partial charge in [-0.15, -0.1) is 92.3 Å². The Bertz CT molecular complexity index is 2650. The van der Waals surface area contributed by atoms with E-state index in [0.717, 1.165) is 0 Å². The Labute approximate surface area is 349 Å². The average Bonchev–Trinajstić information content (AvgIpc) is 3.68. The van der Waals surface area contributed by atoms with E-state index in [-0.39, 0.29) is 39.7 Å². The first kappa shape index (κ1) is 42.4. The molecule has 0 spiro atoms. The van der Waals surface area contributed by atoms with Crippen molar-refractivity contribution in [1.82, 2.24) is 0 Å². The van der Waals surface area contributed by atoms with Crippen LogP contribution in [0.1, 0.15) is 11.1 Å². The van der Waals surface area contributed by atoms with Crippen molar-refractivity contribution in [2.24, 2.45) is 0 Å². The van der Waals surface area contributed by atoms with E-state index in [9.17, 15) is 0 Å². The van der Waals surface area contributed by atoms with Crippen LogP contribution in [-0.2, 0) is 23.3 Å². The summed E-state index contributed by atoms with van der Waals surface area (Å²) in [5.41, 5.74) is 8.08. The third-order valence-corrected chi connectivity index (χ3v) is 10.0. The van der Waals surface area contributed by atoms with Gasteiger partial charge in [-0.2, -0.15) is 0 Å². The number of halogens is 2. The summed E-state index contributed by atoms with van der Waals surface area (Å²) in [6.45, 7) is 7.50. The summed E-state index contributed by atoms with van der Waals surface area (Å²) in [5, 5.41) is 15.8. The average molecular weight is 831 g/mol. The summed E-state index contributed by atoms with van der Waals surface area (Å²) < 4.78 is 0. The first-order valence-corrected chi connectivity index (χ1v) is 21.2. The Hall–Kier alpha value is -4.30. The van der Waals surface area contributed by atoms with E-state index < -0.39 is 0 Å². The van der Waals surface area contributed by atoms with Crippen molar-refractivity contribution in [2.75, 3.05) is 0 Å². The predicted molar refractivity (Wildman–Crippen MR) is 228 cm³/mol. The van der Waals surface area contributed by atoms with Crippen LogP contribution in [0.2, 0.25) is 0 Å². The summed E-state index contributed by atoms with van der Waals surface area (Å²) in [5.74, 6) is 0. The fourth-order valence-electron chi connectivity index (χ4n) is 7.82. The Morgan fingerprint density at radius 2 is 0.685 bits per heavy atom. The summed E-state index contributed by atoms with van der Waals surface area (Å²) in [6.07, 6.45) is 0. The molecule has 54 heavy (non-hydrogen) atoms. The standard InChI is InChI=1S/2C24H17.2CH3.2ClH.Si.Zr/c2*1-16-13-19-9-4-5-11-21(19)24(16)22-12-6-10-20-14-17-7-2-3-8-18(17)15-23(20)22;;;;;;/h2*2-15H,1H3;2*1H3;2*1H;;/q4*-1;;;;+2/p-2. The van der Waals surface area contributed by atoms with Crippen LogP contribution in [0.15, 0.2) is 170 Å². The quantitative estimate of drug-likeness (QED) is 0.0938. The molecule has 266 valence electrons. The van der Waals surface area contributed by atoms with Gasteiger partial charge in [0.25, 0.3) is 0 Å². The van der Waals surface area contributed by atoms with Crippen molar-refractivity contribution in [1.29, 1.82) is 0 Å². The second-order valence-electron chi connectivity index (χ2n) is 13.0. The van der Waals surface area contributed by atoms with Gasteiger partial charge in [-0.1, -0.05) is 122 Å². The van der Waals surface area contributed by atoms with E-state index in [0.29, 0.717) is 0 Å². The number of hydrogen-bond donors (Lipinski definition) is 0. The van der Waals surface area contributed by atoms with E-state index in [2.05, 4.69) is 191 Å². The van der Waals surface area contributed by atoms with Gasteiger partial charge in [0, 0.05) is 0 Å². The molecule has 2 radical (unpaired) electrons. The second-order valence-corrected chi connectivity index (χ2v) is 13.0. The van der Waals surface area contributed by atoms with Crippen LogP contribution < -0.4 is 24.8 Å². The first-order valence-electron chi connectivity index (χ1n) is 17.0. The number of hydrogen-bond acceptors (Lipinski definition) is 0. The number of fused-ring (bicyclic) bond motifs is 6. The van der Waals surface area contributed by atoms with E-state index in [1.54, 1.807) is 0 Å². The number of rotatable bonds is 2. The summed E-state index contributed by atoms with van der Waals surface area (Å²) in [7, 11) is 0. The molecule has 10 aromatic rings. The van der Waals surface area contributed by atoms with Gasteiger partial charge in [0.2, 0.25) is 0 Å². The molecule has 4 heteroatoms. The zero-order chi connectivity index (χ0) is 34.2. The summed E-state index contributed by atoms with van der Waals surface area (Å²) >= 11 is 1.36. The van der Waals surface area contributed by atoms with Crippen molar-refractivity contribution < 1.29 is 48.1 Å². The predicted octanol–water partition coefficient (Wildman–Crippen LogP) is 8.21. The summed E-state index contributed by atoms with van der Waals surface area (Å²) in [4.78, 5) is 0. The van der Waals surface area contributed by atoms with Gasteiger partial charge < -0.3 is 39.7 Å². The number of benzene rings is 8. The Kier molecular flexibility index (Phi) is 14.4. The van der Waals surface area contributed by atoms with Gasteiger partial charge in [0.15, 0.2) is 0 Å². The molecule has 0 fully saturated rings. The van der Waals surface area contributed by atoms with E-state index in [1.807, 2.05) is 0 Å². The molecule has 0 atom stereocenters. The molecule has 0 aliphatic carbocycles. The fourth-order valence-corrected chi connectivity index (χ4v) is 7.82. The molecule has 10 rings (SSSR count). The molecule has 0 saturated heterocycles. The topological polar surface area (TPSA) is 0 Å². The van der Waals surface area contributed by atoms with Gasteiger partial charge in [-0.05, 0) is 67.4 Å². The monoisotopic (exact) mass is 828 g/mol. The fraction of sp³-hybridized carbons (Fsp3) is 0.0400. The number of aryl methyl sites for hydroxylation is 2. The molecule has 0 saturated carbocycles. The van der Waals surface area contributed by atoms with Gasteiger partial charge in [-0.3, -0.25) is 0 Å². The zero-order valence-electron chi connectivity index (χ0n) is 30.9. The molecule has 0 heterocycles. The van der Waals surface area contributed by atoms with Crippen LogP contribution in [-0.4, -0.2) is 6.88 Å². The zero-order valence-corrected chi connectivity index (χ0v) is 35.9. The van der Waals surface area contributed by atoms with Gasteiger partial charge in [0.1, 0.15) is 0 Å². The molecule has 0 aromatic heterocycles. The van der Waals surface area contributed by atoms with E-state index >= 15 is 0 Å². The second kappa shape index (κ2) is 18.4. The van der Waals surface area contributed by atoms with Crippen LogP contribution >= 0.6 is 0 Å². The molecule has 0 N–H and O–H groups in total. The molecule has 0 aliphatic heterocycles. The maximum atomic E-state index is 3.06. The molecule has 0 aliphatic rings. The van der Waals surface area contributed by atoms with Crippen LogP contribution in [0, 0.1) is 28.7 Å². The van der Waals surface area contributed by atoms with Crippen LogP contribution in [0.3, 0.4) is 0 Å². The normalized spacial score (nSPS) is 10.4. The molecular weight excluding hydrogens is 791 g/mol. The van der Waals surface area contributed by atoms with Crippen molar-refractivity contribution in [3.05, 3.63) is 196 Å². The Morgan fingerprint density at radius 3 is 1.07 bits per heavy atom. The Morgan fingerprint density at radius 1 is 0.370 bits per heavy atom. The summed E-state index contributed by atoms with van der Waals surface area (Å²) in [6, 6.07) is 61.7. The van der Waals surface area contributed by atoms with E-state index in [4.69, 9.17) is 0 Å². The third kappa shape index (κ3) is 7.77. The van der Waals surface area contributed by atoms with Crippen molar-refractivity contribution in [2.45, 2.75) is 13.8 Å². The van der Waals surface area contributed by atoms with Crippen molar-refractivity contribution >= 4 is 71.5 Å². The minimum absolute atomic E-state index is 0. The molecule has 0 unspecified atom stereocenters. The van der Waals surface area contributed by atoms with E-state index in [1.165, 1.54) is 121 Å². The molecule has 0 bridgehead atoms. The van der Waals surface area contributed by atoms with Gasteiger partial charge >= 0.3 is 30.2 Å². The van der Waals surface area contributed by atoms with Crippen molar-refractivity contribution in [3.8, 4) is 22.3 Å². The van der Waals surface area contributed by atoms with Crippen LogP contribution in [0.5, 0.6) is 0 Å².